The maximum absolute atomic E-state index is 11.4. The average Bonchev–Trinajstić information content (AvgIpc) is 2.39. The summed E-state index contributed by atoms with van der Waals surface area (Å²) >= 11 is 0. The summed E-state index contributed by atoms with van der Waals surface area (Å²) in [6.45, 7) is 3.96. The minimum atomic E-state index is -0.317. The van der Waals surface area contributed by atoms with Crippen molar-refractivity contribution in [3.63, 3.8) is 0 Å². The molecule has 0 spiro atoms. The molecular formula is C15H16O3. The summed E-state index contributed by atoms with van der Waals surface area (Å²) in [5.74, 6) is 5.39. The standard InChI is InChI=1S/C15H16O3/c1-3-14(16)13-10-8-12(9-11-13)6-5-7-15(17)18-4-2/h8-11H,3-4,7H2,1-2H3. The van der Waals surface area contributed by atoms with E-state index in [2.05, 4.69) is 11.8 Å². The van der Waals surface area contributed by atoms with Gasteiger partial charge in [0.05, 0.1) is 6.61 Å². The van der Waals surface area contributed by atoms with Gasteiger partial charge in [-0.25, -0.2) is 0 Å². The van der Waals surface area contributed by atoms with Gasteiger partial charge in [-0.1, -0.05) is 30.9 Å². The summed E-state index contributed by atoms with van der Waals surface area (Å²) in [7, 11) is 0. The predicted molar refractivity (Wildman–Crippen MR) is 69.2 cm³/mol. The maximum atomic E-state index is 11.4. The highest BCUT2D eigenvalue weighted by Gasteiger charge is 2.01. The van der Waals surface area contributed by atoms with Gasteiger partial charge in [0, 0.05) is 17.5 Å². The van der Waals surface area contributed by atoms with Crippen molar-refractivity contribution in [2.24, 2.45) is 0 Å². The second-order valence-electron chi connectivity index (χ2n) is 3.64. The lowest BCUT2D eigenvalue weighted by Crippen LogP contribution is -2.01. The molecule has 1 rings (SSSR count). The van der Waals surface area contributed by atoms with Crippen LogP contribution in [-0.2, 0) is 9.53 Å². The molecule has 0 radical (unpaired) electrons. The monoisotopic (exact) mass is 244 g/mol. The second kappa shape index (κ2) is 7.29. The van der Waals surface area contributed by atoms with E-state index in [4.69, 9.17) is 4.74 Å². The van der Waals surface area contributed by atoms with Gasteiger partial charge in [-0.2, -0.15) is 0 Å². The molecule has 3 nitrogen and oxygen atoms in total. The largest absolute Gasteiger partial charge is 0.465 e. The number of esters is 1. The predicted octanol–water partition coefficient (Wildman–Crippen LogP) is 2.58. The molecule has 18 heavy (non-hydrogen) atoms. The molecule has 0 aliphatic rings. The molecule has 0 saturated heterocycles. The number of carbonyl (C=O) groups excluding carboxylic acids is 2. The summed E-state index contributed by atoms with van der Waals surface area (Å²) in [4.78, 5) is 22.4. The van der Waals surface area contributed by atoms with Crippen LogP contribution in [0.2, 0.25) is 0 Å². The van der Waals surface area contributed by atoms with Crippen molar-refractivity contribution in [3.05, 3.63) is 35.4 Å². The molecule has 0 atom stereocenters. The fourth-order valence-corrected chi connectivity index (χ4v) is 1.37. The molecule has 0 aliphatic heterocycles. The zero-order chi connectivity index (χ0) is 13.4. The number of hydrogen-bond acceptors (Lipinski definition) is 3. The lowest BCUT2D eigenvalue weighted by atomic mass is 10.1. The van der Waals surface area contributed by atoms with Crippen LogP contribution in [0, 0.1) is 11.8 Å². The zero-order valence-electron chi connectivity index (χ0n) is 10.7. The van der Waals surface area contributed by atoms with E-state index >= 15 is 0 Å². The van der Waals surface area contributed by atoms with Crippen LogP contribution in [0.25, 0.3) is 0 Å². The van der Waals surface area contributed by atoms with Gasteiger partial charge in [0.1, 0.15) is 6.42 Å². The SMILES string of the molecule is CCOC(=O)CC#Cc1ccc(C(=O)CC)cc1. The molecule has 0 saturated carbocycles. The molecule has 94 valence electrons. The first-order valence-electron chi connectivity index (χ1n) is 5.95. The van der Waals surface area contributed by atoms with E-state index in [1.165, 1.54) is 0 Å². The third kappa shape index (κ3) is 4.42. The molecule has 1 aromatic rings. The fraction of sp³-hybridized carbons (Fsp3) is 0.333. The van der Waals surface area contributed by atoms with Crippen LogP contribution >= 0.6 is 0 Å². The van der Waals surface area contributed by atoms with E-state index in [0.717, 1.165) is 5.56 Å². The van der Waals surface area contributed by atoms with Gasteiger partial charge in [-0.05, 0) is 19.1 Å². The van der Waals surface area contributed by atoms with E-state index in [9.17, 15) is 9.59 Å². The van der Waals surface area contributed by atoms with Gasteiger partial charge < -0.3 is 4.74 Å². The highest BCUT2D eigenvalue weighted by Crippen LogP contribution is 2.06. The smallest absolute Gasteiger partial charge is 0.317 e. The molecule has 0 aromatic heterocycles. The summed E-state index contributed by atoms with van der Waals surface area (Å²) in [6.07, 6.45) is 0.581. The lowest BCUT2D eigenvalue weighted by Gasteiger charge is -1.97. The van der Waals surface area contributed by atoms with Gasteiger partial charge in [0.15, 0.2) is 5.78 Å². The molecule has 0 bridgehead atoms. The molecule has 0 heterocycles. The van der Waals surface area contributed by atoms with E-state index in [0.29, 0.717) is 18.6 Å². The Morgan fingerprint density at radius 3 is 2.39 bits per heavy atom. The number of ether oxygens (including phenoxy) is 1. The average molecular weight is 244 g/mol. The van der Waals surface area contributed by atoms with Gasteiger partial charge in [-0.3, -0.25) is 9.59 Å². The fourth-order valence-electron chi connectivity index (χ4n) is 1.37. The topological polar surface area (TPSA) is 43.4 Å². The summed E-state index contributed by atoms with van der Waals surface area (Å²) in [5.41, 5.74) is 1.47. The van der Waals surface area contributed by atoms with Crippen molar-refractivity contribution in [2.75, 3.05) is 6.61 Å². The van der Waals surface area contributed by atoms with Crippen LogP contribution in [0.5, 0.6) is 0 Å². The van der Waals surface area contributed by atoms with E-state index < -0.39 is 0 Å². The molecular weight excluding hydrogens is 228 g/mol. The van der Waals surface area contributed by atoms with Gasteiger partial charge in [-0.15, -0.1) is 0 Å². The number of benzene rings is 1. The third-order valence-corrected chi connectivity index (χ3v) is 2.30. The number of hydrogen-bond donors (Lipinski definition) is 0. The first-order valence-corrected chi connectivity index (χ1v) is 5.95. The molecule has 0 unspecified atom stereocenters. The van der Waals surface area contributed by atoms with Gasteiger partial charge >= 0.3 is 5.97 Å². The Hall–Kier alpha value is -2.08. The molecule has 0 aliphatic carbocycles. The number of carbonyl (C=O) groups is 2. The van der Waals surface area contributed by atoms with Crippen molar-refractivity contribution in [1.29, 1.82) is 0 Å². The Bertz CT molecular complexity index is 475. The van der Waals surface area contributed by atoms with Crippen molar-refractivity contribution >= 4 is 11.8 Å². The summed E-state index contributed by atoms with van der Waals surface area (Å²) in [6, 6.07) is 7.06. The quantitative estimate of drug-likeness (QED) is 0.464. The lowest BCUT2D eigenvalue weighted by molar-refractivity contribution is -0.141. The number of ketones is 1. The third-order valence-electron chi connectivity index (χ3n) is 2.30. The van der Waals surface area contributed by atoms with Crippen molar-refractivity contribution < 1.29 is 14.3 Å². The van der Waals surface area contributed by atoms with Crippen LogP contribution in [0.3, 0.4) is 0 Å². The van der Waals surface area contributed by atoms with Crippen molar-refractivity contribution in [3.8, 4) is 11.8 Å². The van der Waals surface area contributed by atoms with E-state index in [1.54, 1.807) is 31.2 Å². The van der Waals surface area contributed by atoms with E-state index in [1.807, 2.05) is 6.92 Å². The van der Waals surface area contributed by atoms with Crippen LogP contribution in [0.4, 0.5) is 0 Å². The maximum Gasteiger partial charge on any atom is 0.317 e. The molecule has 0 N–H and O–H groups in total. The Kier molecular flexibility index (Phi) is 5.66. The Morgan fingerprint density at radius 2 is 1.83 bits per heavy atom. The summed E-state index contributed by atoms with van der Waals surface area (Å²) in [5, 5.41) is 0. The molecule has 0 fully saturated rings. The van der Waals surface area contributed by atoms with Gasteiger partial charge in [0.2, 0.25) is 0 Å². The van der Waals surface area contributed by atoms with Crippen molar-refractivity contribution in [2.45, 2.75) is 26.7 Å². The molecule has 3 heteroatoms. The van der Waals surface area contributed by atoms with Crippen molar-refractivity contribution in [1.82, 2.24) is 0 Å². The Labute approximate surface area is 107 Å². The van der Waals surface area contributed by atoms with Gasteiger partial charge in [0.25, 0.3) is 0 Å². The number of Topliss-reactive ketones (excluding diaryl/α,β-unsaturated/α-hetero) is 1. The van der Waals surface area contributed by atoms with Crippen LogP contribution in [0.1, 0.15) is 42.6 Å². The zero-order valence-corrected chi connectivity index (χ0v) is 10.7. The molecule has 0 amide bonds. The summed E-state index contributed by atoms with van der Waals surface area (Å²) < 4.78 is 4.76. The minimum Gasteiger partial charge on any atom is -0.465 e. The minimum absolute atomic E-state index is 0.0868. The Balaban J connectivity index is 2.61. The number of rotatable bonds is 4. The first-order chi connectivity index (χ1) is 8.67. The first kappa shape index (κ1) is 14.0. The van der Waals surface area contributed by atoms with Crippen LogP contribution in [0.15, 0.2) is 24.3 Å². The van der Waals surface area contributed by atoms with Crippen LogP contribution < -0.4 is 0 Å². The normalized spacial score (nSPS) is 9.22. The van der Waals surface area contributed by atoms with Crippen LogP contribution in [-0.4, -0.2) is 18.4 Å². The Morgan fingerprint density at radius 1 is 1.17 bits per heavy atom. The second-order valence-corrected chi connectivity index (χ2v) is 3.64. The van der Waals surface area contributed by atoms with E-state index in [-0.39, 0.29) is 18.2 Å². The highest BCUT2D eigenvalue weighted by atomic mass is 16.5. The highest BCUT2D eigenvalue weighted by molar-refractivity contribution is 5.95. The molecule has 1 aromatic carbocycles.